The van der Waals surface area contributed by atoms with Gasteiger partial charge in [0.05, 0.1) is 12.4 Å². The fraction of sp³-hybridized carbons (Fsp3) is 0.0500. The van der Waals surface area contributed by atoms with E-state index in [0.29, 0.717) is 0 Å². The van der Waals surface area contributed by atoms with Gasteiger partial charge in [0, 0.05) is 12.6 Å². The lowest BCUT2D eigenvalue weighted by molar-refractivity contribution is 0.619. The second-order valence-corrected chi connectivity index (χ2v) is 5.74. The van der Waals surface area contributed by atoms with Crippen molar-refractivity contribution in [3.8, 4) is 0 Å². The number of fused-ring (bicyclic) bond motifs is 2. The van der Waals surface area contributed by atoms with E-state index >= 15 is 0 Å². The zero-order chi connectivity index (χ0) is 17.9. The van der Waals surface area contributed by atoms with E-state index in [0.717, 1.165) is 33.3 Å². The summed E-state index contributed by atoms with van der Waals surface area (Å²) in [6.45, 7) is 0. The molecule has 6 heteroatoms. The molecule has 5 nitrogen and oxygen atoms in total. The average Bonchev–Trinajstić information content (AvgIpc) is 2.68. The van der Waals surface area contributed by atoms with Gasteiger partial charge in [0.2, 0.25) is 5.95 Å². The molecule has 3 aromatic carbocycles. The molecule has 0 aliphatic heterocycles. The maximum atomic E-state index is 13.5. The summed E-state index contributed by atoms with van der Waals surface area (Å²) in [6, 6.07) is 18.5. The predicted octanol–water partition coefficient (Wildman–Crippen LogP) is 4.41. The van der Waals surface area contributed by atoms with E-state index in [9.17, 15) is 4.39 Å². The number of rotatable bonds is 4. The van der Waals surface area contributed by atoms with Crippen molar-refractivity contribution in [2.45, 2.75) is 0 Å². The molecule has 4 aromatic rings. The first kappa shape index (κ1) is 16.0. The van der Waals surface area contributed by atoms with Crippen molar-refractivity contribution >= 4 is 39.5 Å². The number of hydrazone groups is 1. The Kier molecular flexibility index (Phi) is 4.15. The molecule has 0 fully saturated rings. The molecule has 26 heavy (non-hydrogen) atoms. The van der Waals surface area contributed by atoms with E-state index in [2.05, 4.69) is 56.1 Å². The smallest absolute Gasteiger partial charge is 0.245 e. The largest absolute Gasteiger partial charge is 0.371 e. The number of hydrogen-bond donors (Lipinski definition) is 2. The first-order valence-corrected chi connectivity index (χ1v) is 8.16. The Morgan fingerprint density at radius 1 is 1.00 bits per heavy atom. The highest BCUT2D eigenvalue weighted by atomic mass is 19.1. The highest BCUT2D eigenvalue weighted by molar-refractivity contribution is 6.13. The minimum absolute atomic E-state index is 0.119. The van der Waals surface area contributed by atoms with Crippen LogP contribution >= 0.6 is 0 Å². The van der Waals surface area contributed by atoms with Gasteiger partial charge in [0.15, 0.2) is 11.6 Å². The van der Waals surface area contributed by atoms with Gasteiger partial charge >= 0.3 is 0 Å². The molecular formula is C20H16FN5. The molecule has 0 aliphatic carbocycles. The molecule has 0 atom stereocenters. The molecule has 0 amide bonds. The Hall–Kier alpha value is -3.54. The molecule has 0 unspecified atom stereocenters. The monoisotopic (exact) mass is 345 g/mol. The molecule has 0 spiro atoms. The van der Waals surface area contributed by atoms with E-state index in [-0.39, 0.29) is 11.8 Å². The summed E-state index contributed by atoms with van der Waals surface area (Å²) in [4.78, 5) is 7.92. The van der Waals surface area contributed by atoms with Crippen LogP contribution in [0.5, 0.6) is 0 Å². The van der Waals surface area contributed by atoms with Crippen LogP contribution in [0.3, 0.4) is 0 Å². The quantitative estimate of drug-likeness (QED) is 0.327. The third-order valence-electron chi connectivity index (χ3n) is 4.15. The fourth-order valence-corrected chi connectivity index (χ4v) is 2.94. The Balaban J connectivity index is 1.75. The number of nitrogens with zero attached hydrogens (tertiary/aromatic N) is 3. The van der Waals surface area contributed by atoms with E-state index in [1.54, 1.807) is 13.3 Å². The van der Waals surface area contributed by atoms with Crippen LogP contribution < -0.4 is 10.7 Å². The molecule has 0 saturated heterocycles. The molecule has 1 heterocycles. The molecule has 0 saturated carbocycles. The maximum Gasteiger partial charge on any atom is 0.245 e. The first-order valence-electron chi connectivity index (χ1n) is 8.16. The number of benzene rings is 3. The predicted molar refractivity (Wildman–Crippen MR) is 104 cm³/mol. The minimum atomic E-state index is -0.512. The van der Waals surface area contributed by atoms with E-state index in [1.807, 2.05) is 24.3 Å². The van der Waals surface area contributed by atoms with Gasteiger partial charge in [0.1, 0.15) is 0 Å². The number of halogens is 1. The fourth-order valence-electron chi connectivity index (χ4n) is 2.94. The van der Waals surface area contributed by atoms with Crippen LogP contribution in [0.4, 0.5) is 16.2 Å². The average molecular weight is 345 g/mol. The van der Waals surface area contributed by atoms with Crippen LogP contribution in [0, 0.1) is 5.82 Å². The highest BCUT2D eigenvalue weighted by Gasteiger charge is 2.06. The molecule has 0 radical (unpaired) electrons. The normalized spacial score (nSPS) is 11.3. The molecule has 128 valence electrons. The van der Waals surface area contributed by atoms with E-state index < -0.39 is 5.82 Å². The zero-order valence-corrected chi connectivity index (χ0v) is 14.1. The van der Waals surface area contributed by atoms with Gasteiger partial charge in [-0.25, -0.2) is 14.8 Å². The number of hydrogen-bond acceptors (Lipinski definition) is 5. The van der Waals surface area contributed by atoms with E-state index in [4.69, 9.17) is 0 Å². The van der Waals surface area contributed by atoms with Gasteiger partial charge in [-0.05, 0) is 27.6 Å². The highest BCUT2D eigenvalue weighted by Crippen LogP contribution is 2.27. The van der Waals surface area contributed by atoms with Crippen molar-refractivity contribution in [2.75, 3.05) is 17.8 Å². The van der Waals surface area contributed by atoms with Gasteiger partial charge in [0.25, 0.3) is 0 Å². The van der Waals surface area contributed by atoms with Crippen molar-refractivity contribution in [2.24, 2.45) is 5.10 Å². The van der Waals surface area contributed by atoms with Crippen molar-refractivity contribution in [3.05, 3.63) is 72.2 Å². The molecule has 0 bridgehead atoms. The van der Waals surface area contributed by atoms with Crippen LogP contribution in [-0.2, 0) is 0 Å². The second kappa shape index (κ2) is 6.76. The Morgan fingerprint density at radius 2 is 1.65 bits per heavy atom. The summed E-state index contributed by atoms with van der Waals surface area (Å²) in [5.41, 5.74) is 3.77. The Labute approximate surface area is 149 Å². The molecule has 4 rings (SSSR count). The van der Waals surface area contributed by atoms with Gasteiger partial charge in [-0.1, -0.05) is 48.5 Å². The van der Waals surface area contributed by atoms with Crippen LogP contribution in [0.25, 0.3) is 21.5 Å². The third kappa shape index (κ3) is 2.93. The van der Waals surface area contributed by atoms with Gasteiger partial charge in [-0.2, -0.15) is 10.1 Å². The maximum absolute atomic E-state index is 13.5. The van der Waals surface area contributed by atoms with Crippen molar-refractivity contribution in [3.63, 3.8) is 0 Å². The lowest BCUT2D eigenvalue weighted by atomic mass is 9.97. The summed E-state index contributed by atoms with van der Waals surface area (Å²) in [7, 11) is 1.60. The summed E-state index contributed by atoms with van der Waals surface area (Å²) in [5, 5.41) is 11.4. The lowest BCUT2D eigenvalue weighted by Gasteiger charge is -2.08. The number of anilines is 2. The SMILES string of the molecule is CNc1nc(N/N=C/c2c3ccccc3cc3ccccc23)ncc1F. The van der Waals surface area contributed by atoms with E-state index in [1.165, 1.54) is 0 Å². The first-order chi connectivity index (χ1) is 12.8. The minimum Gasteiger partial charge on any atom is -0.371 e. The number of aromatic nitrogens is 2. The molecule has 0 aliphatic rings. The summed E-state index contributed by atoms with van der Waals surface area (Å²) >= 11 is 0. The lowest BCUT2D eigenvalue weighted by Crippen LogP contribution is -2.03. The summed E-state index contributed by atoms with van der Waals surface area (Å²) < 4.78 is 13.5. The number of nitrogens with one attached hydrogen (secondary N) is 2. The van der Waals surface area contributed by atoms with Crippen LogP contribution in [0.15, 0.2) is 65.9 Å². The van der Waals surface area contributed by atoms with Crippen molar-refractivity contribution < 1.29 is 4.39 Å². The topological polar surface area (TPSA) is 62.2 Å². The van der Waals surface area contributed by atoms with Crippen molar-refractivity contribution in [1.82, 2.24) is 9.97 Å². The van der Waals surface area contributed by atoms with Crippen molar-refractivity contribution in [1.29, 1.82) is 0 Å². The molecule has 2 N–H and O–H groups in total. The summed E-state index contributed by atoms with van der Waals surface area (Å²) in [5.74, 6) is -0.174. The third-order valence-corrected chi connectivity index (χ3v) is 4.15. The van der Waals surface area contributed by atoms with Crippen LogP contribution in [0.1, 0.15) is 5.56 Å². The Morgan fingerprint density at radius 3 is 2.31 bits per heavy atom. The van der Waals surface area contributed by atoms with Gasteiger partial charge in [-0.15, -0.1) is 0 Å². The molecular weight excluding hydrogens is 329 g/mol. The standard InChI is InChI=1S/C20H16FN5/c1-22-19-18(21)12-23-20(25-19)26-24-11-17-15-8-4-2-6-13(15)10-14-7-3-5-9-16(14)17/h2-12H,1H3,(H2,22,23,25,26)/b24-11+. The summed E-state index contributed by atoms with van der Waals surface area (Å²) in [6.07, 6.45) is 2.85. The molecule has 1 aromatic heterocycles. The van der Waals surface area contributed by atoms with Gasteiger partial charge in [-0.3, -0.25) is 0 Å². The van der Waals surface area contributed by atoms with Gasteiger partial charge < -0.3 is 5.32 Å². The second-order valence-electron chi connectivity index (χ2n) is 5.74. The van der Waals surface area contributed by atoms with Crippen LogP contribution in [-0.4, -0.2) is 23.2 Å². The Bertz CT molecular complexity index is 1070. The van der Waals surface area contributed by atoms with Crippen LogP contribution in [0.2, 0.25) is 0 Å². The zero-order valence-electron chi connectivity index (χ0n) is 14.1.